The van der Waals surface area contributed by atoms with Crippen molar-refractivity contribution in [1.29, 1.82) is 0 Å². The van der Waals surface area contributed by atoms with Gasteiger partial charge in [0.2, 0.25) is 0 Å². The highest BCUT2D eigenvalue weighted by atomic mass is 19.1. The minimum atomic E-state index is -0.512. The molecule has 1 aliphatic heterocycles. The van der Waals surface area contributed by atoms with Gasteiger partial charge in [0.15, 0.2) is 0 Å². The quantitative estimate of drug-likeness (QED) is 0.891. The van der Waals surface area contributed by atoms with Gasteiger partial charge in [0.25, 0.3) is 0 Å². The number of halogens is 2. The molecular weight excluding hydrogens is 258 g/mol. The molecule has 0 saturated carbocycles. The predicted octanol–water partition coefficient (Wildman–Crippen LogP) is 3.32. The molecule has 0 radical (unpaired) electrons. The number of nitrogens with one attached hydrogen (secondary N) is 1. The maximum atomic E-state index is 13.7. The Bertz CT molecular complexity index is 436. The molecule has 2 unspecified atom stereocenters. The van der Waals surface area contributed by atoms with Crippen LogP contribution in [0.5, 0.6) is 0 Å². The van der Waals surface area contributed by atoms with Gasteiger partial charge in [0.05, 0.1) is 0 Å². The van der Waals surface area contributed by atoms with Crippen molar-refractivity contribution in [3.63, 3.8) is 0 Å². The SMILES string of the molecule is CCCNC1CCN(Cc2ccc(F)cc2F)C(C)C1. The van der Waals surface area contributed by atoms with E-state index in [0.717, 1.165) is 38.4 Å². The van der Waals surface area contributed by atoms with Gasteiger partial charge in [-0.2, -0.15) is 0 Å². The minimum Gasteiger partial charge on any atom is -0.314 e. The average molecular weight is 282 g/mol. The van der Waals surface area contributed by atoms with Gasteiger partial charge in [-0.1, -0.05) is 13.0 Å². The van der Waals surface area contributed by atoms with E-state index >= 15 is 0 Å². The van der Waals surface area contributed by atoms with Crippen LogP contribution in [-0.4, -0.2) is 30.1 Å². The summed E-state index contributed by atoms with van der Waals surface area (Å²) in [6.45, 7) is 6.93. The molecule has 1 heterocycles. The molecule has 0 amide bonds. The van der Waals surface area contributed by atoms with Crippen molar-refractivity contribution in [2.45, 2.75) is 51.7 Å². The third kappa shape index (κ3) is 4.00. The summed E-state index contributed by atoms with van der Waals surface area (Å²) < 4.78 is 26.6. The fraction of sp³-hybridized carbons (Fsp3) is 0.625. The van der Waals surface area contributed by atoms with Crippen molar-refractivity contribution in [2.75, 3.05) is 13.1 Å². The molecule has 2 atom stereocenters. The summed E-state index contributed by atoms with van der Waals surface area (Å²) in [5.74, 6) is -0.954. The molecule has 0 aromatic heterocycles. The van der Waals surface area contributed by atoms with E-state index in [1.54, 1.807) is 6.07 Å². The summed E-state index contributed by atoms with van der Waals surface area (Å²) in [6.07, 6.45) is 3.32. The minimum absolute atomic E-state index is 0.419. The van der Waals surface area contributed by atoms with Crippen LogP contribution in [-0.2, 0) is 6.54 Å². The second-order valence-electron chi connectivity index (χ2n) is 5.73. The van der Waals surface area contributed by atoms with Crippen LogP contribution in [0.3, 0.4) is 0 Å². The van der Waals surface area contributed by atoms with Crippen molar-refractivity contribution < 1.29 is 8.78 Å². The third-order valence-corrected chi connectivity index (χ3v) is 4.09. The van der Waals surface area contributed by atoms with Crippen LogP contribution in [0.25, 0.3) is 0 Å². The number of hydrogen-bond acceptors (Lipinski definition) is 2. The highest BCUT2D eigenvalue weighted by molar-refractivity contribution is 5.18. The van der Waals surface area contributed by atoms with E-state index in [1.165, 1.54) is 6.07 Å². The van der Waals surface area contributed by atoms with Crippen molar-refractivity contribution in [3.05, 3.63) is 35.4 Å². The van der Waals surface area contributed by atoms with Crippen molar-refractivity contribution >= 4 is 0 Å². The fourth-order valence-electron chi connectivity index (χ4n) is 2.86. The maximum absolute atomic E-state index is 13.7. The van der Waals surface area contributed by atoms with E-state index < -0.39 is 11.6 Å². The Labute approximate surface area is 120 Å². The molecule has 1 N–H and O–H groups in total. The Balaban J connectivity index is 1.91. The van der Waals surface area contributed by atoms with Crippen LogP contribution < -0.4 is 5.32 Å². The summed E-state index contributed by atoms with van der Waals surface area (Å²) in [6, 6.07) is 4.84. The maximum Gasteiger partial charge on any atom is 0.130 e. The number of rotatable bonds is 5. The molecular formula is C16H24F2N2. The van der Waals surface area contributed by atoms with Crippen LogP contribution in [0.2, 0.25) is 0 Å². The standard InChI is InChI=1S/C16H24F2N2/c1-3-7-19-15-6-8-20(12(2)9-15)11-13-4-5-14(17)10-16(13)18/h4-5,10,12,15,19H,3,6-9,11H2,1-2H3. The Morgan fingerprint density at radius 1 is 1.35 bits per heavy atom. The summed E-state index contributed by atoms with van der Waals surface area (Å²) in [4.78, 5) is 2.28. The largest absolute Gasteiger partial charge is 0.314 e. The Morgan fingerprint density at radius 3 is 2.80 bits per heavy atom. The van der Waals surface area contributed by atoms with E-state index in [9.17, 15) is 8.78 Å². The predicted molar refractivity (Wildman–Crippen MR) is 77.5 cm³/mol. The second kappa shape index (κ2) is 7.14. The topological polar surface area (TPSA) is 15.3 Å². The first-order chi connectivity index (χ1) is 9.60. The Morgan fingerprint density at radius 2 is 2.15 bits per heavy atom. The zero-order valence-electron chi connectivity index (χ0n) is 12.3. The monoisotopic (exact) mass is 282 g/mol. The van der Waals surface area contributed by atoms with Gasteiger partial charge < -0.3 is 5.32 Å². The first-order valence-corrected chi connectivity index (χ1v) is 7.51. The molecule has 1 aromatic rings. The summed E-state index contributed by atoms with van der Waals surface area (Å²) in [7, 11) is 0. The lowest BCUT2D eigenvalue weighted by Gasteiger charge is -2.38. The summed E-state index contributed by atoms with van der Waals surface area (Å²) >= 11 is 0. The van der Waals surface area contributed by atoms with Gasteiger partial charge in [-0.15, -0.1) is 0 Å². The van der Waals surface area contributed by atoms with E-state index in [1.807, 2.05) is 0 Å². The molecule has 0 bridgehead atoms. The molecule has 2 nitrogen and oxygen atoms in total. The lowest BCUT2D eigenvalue weighted by Crippen LogP contribution is -2.47. The zero-order valence-corrected chi connectivity index (χ0v) is 12.3. The number of benzene rings is 1. The number of likely N-dealkylation sites (tertiary alicyclic amines) is 1. The van der Waals surface area contributed by atoms with Gasteiger partial charge in [0.1, 0.15) is 11.6 Å². The van der Waals surface area contributed by atoms with Gasteiger partial charge >= 0.3 is 0 Å². The molecule has 4 heteroatoms. The van der Waals surface area contributed by atoms with Crippen LogP contribution >= 0.6 is 0 Å². The first-order valence-electron chi connectivity index (χ1n) is 7.51. The van der Waals surface area contributed by atoms with Gasteiger partial charge in [-0.25, -0.2) is 8.78 Å². The van der Waals surface area contributed by atoms with Crippen LogP contribution in [0.15, 0.2) is 18.2 Å². The first kappa shape index (κ1) is 15.4. The van der Waals surface area contributed by atoms with Gasteiger partial charge in [0, 0.05) is 36.8 Å². The molecule has 0 aliphatic carbocycles. The van der Waals surface area contributed by atoms with Crippen LogP contribution in [0, 0.1) is 11.6 Å². The van der Waals surface area contributed by atoms with Crippen molar-refractivity contribution in [1.82, 2.24) is 10.2 Å². The molecule has 1 fully saturated rings. The third-order valence-electron chi connectivity index (χ3n) is 4.09. The molecule has 112 valence electrons. The lowest BCUT2D eigenvalue weighted by atomic mass is 9.97. The lowest BCUT2D eigenvalue weighted by molar-refractivity contribution is 0.127. The number of piperidine rings is 1. The van der Waals surface area contributed by atoms with E-state index in [0.29, 0.717) is 24.2 Å². The smallest absolute Gasteiger partial charge is 0.130 e. The second-order valence-corrected chi connectivity index (χ2v) is 5.73. The highest BCUT2D eigenvalue weighted by Crippen LogP contribution is 2.21. The molecule has 2 rings (SSSR count). The van der Waals surface area contributed by atoms with Crippen LogP contribution in [0.1, 0.15) is 38.7 Å². The Hall–Kier alpha value is -1.00. The average Bonchev–Trinajstić information content (AvgIpc) is 2.42. The van der Waals surface area contributed by atoms with E-state index in [-0.39, 0.29) is 0 Å². The molecule has 0 spiro atoms. The summed E-state index contributed by atoms with van der Waals surface area (Å²) in [5.41, 5.74) is 0.582. The normalized spacial score (nSPS) is 24.0. The number of nitrogens with zero attached hydrogens (tertiary/aromatic N) is 1. The molecule has 1 aliphatic rings. The zero-order chi connectivity index (χ0) is 14.5. The highest BCUT2D eigenvalue weighted by Gasteiger charge is 2.25. The van der Waals surface area contributed by atoms with Gasteiger partial charge in [-0.05, 0) is 38.8 Å². The van der Waals surface area contributed by atoms with Crippen LogP contribution in [0.4, 0.5) is 8.78 Å². The molecule has 1 aromatic carbocycles. The van der Waals surface area contributed by atoms with Crippen molar-refractivity contribution in [2.24, 2.45) is 0 Å². The summed E-state index contributed by atoms with van der Waals surface area (Å²) in [5, 5.41) is 3.55. The van der Waals surface area contributed by atoms with Crippen molar-refractivity contribution in [3.8, 4) is 0 Å². The van der Waals surface area contributed by atoms with E-state index in [4.69, 9.17) is 0 Å². The van der Waals surface area contributed by atoms with E-state index in [2.05, 4.69) is 24.1 Å². The fourth-order valence-corrected chi connectivity index (χ4v) is 2.86. The van der Waals surface area contributed by atoms with Gasteiger partial charge in [-0.3, -0.25) is 4.90 Å². The Kier molecular flexibility index (Phi) is 5.49. The number of hydrogen-bond donors (Lipinski definition) is 1. The molecule has 20 heavy (non-hydrogen) atoms. The molecule has 1 saturated heterocycles.